The van der Waals surface area contributed by atoms with Crippen LogP contribution in [0.25, 0.3) is 0 Å². The molecule has 0 amide bonds. The second kappa shape index (κ2) is 6.43. The van der Waals surface area contributed by atoms with Gasteiger partial charge in [0, 0.05) is 23.9 Å². The molecule has 0 heterocycles. The van der Waals surface area contributed by atoms with Gasteiger partial charge in [-0.3, -0.25) is 14.9 Å². The van der Waals surface area contributed by atoms with Gasteiger partial charge in [-0.05, 0) is 31.7 Å². The van der Waals surface area contributed by atoms with E-state index in [1.807, 2.05) is 0 Å². The molecule has 0 spiro atoms. The Bertz CT molecular complexity index is 538. The monoisotopic (exact) mass is 294 g/mol. The highest BCUT2D eigenvalue weighted by Crippen LogP contribution is 2.32. The lowest BCUT2D eigenvalue weighted by Crippen LogP contribution is -2.29. The third-order valence-corrected chi connectivity index (χ3v) is 3.82. The number of nitro groups is 1. The molecule has 1 aliphatic rings. The summed E-state index contributed by atoms with van der Waals surface area (Å²) in [5, 5.41) is 23.1. The van der Waals surface area contributed by atoms with Gasteiger partial charge in [0.05, 0.1) is 18.0 Å². The largest absolute Gasteiger partial charge is 0.490 e. The van der Waals surface area contributed by atoms with Gasteiger partial charge in [-0.25, -0.2) is 0 Å². The standard InChI is InChI=1S/C14H18N2O5/c1-21-13-8-11(6-7-12(13)16(19)20)15-10-4-2-9(3-5-10)14(17)18/h6-10,15H,2-5H2,1H3,(H,17,18). The smallest absolute Gasteiger partial charge is 0.311 e. The summed E-state index contributed by atoms with van der Waals surface area (Å²) in [6.45, 7) is 0. The SMILES string of the molecule is COc1cc(NC2CCC(C(=O)O)CC2)ccc1[N+](=O)[O-]. The Labute approximate surface area is 122 Å². The first-order chi connectivity index (χ1) is 10.0. The van der Waals surface area contributed by atoms with E-state index in [4.69, 9.17) is 9.84 Å². The highest BCUT2D eigenvalue weighted by molar-refractivity contribution is 5.70. The molecule has 0 aromatic heterocycles. The van der Waals surface area contributed by atoms with Gasteiger partial charge in [0.1, 0.15) is 0 Å². The van der Waals surface area contributed by atoms with Crippen molar-refractivity contribution in [1.82, 2.24) is 0 Å². The third kappa shape index (κ3) is 3.62. The second-order valence-electron chi connectivity index (χ2n) is 5.17. The van der Waals surface area contributed by atoms with Crippen molar-refractivity contribution in [2.75, 3.05) is 12.4 Å². The molecule has 1 aromatic carbocycles. The van der Waals surface area contributed by atoms with Crippen molar-refractivity contribution in [3.05, 3.63) is 28.3 Å². The molecule has 0 unspecified atom stereocenters. The maximum absolute atomic E-state index is 10.9. The molecule has 0 saturated heterocycles. The zero-order valence-corrected chi connectivity index (χ0v) is 11.7. The van der Waals surface area contributed by atoms with Crippen LogP contribution in [-0.4, -0.2) is 29.2 Å². The number of ether oxygens (including phenoxy) is 1. The average Bonchev–Trinajstić information content (AvgIpc) is 2.47. The first-order valence-corrected chi connectivity index (χ1v) is 6.83. The minimum atomic E-state index is -0.731. The molecular weight excluding hydrogens is 276 g/mol. The molecule has 1 aromatic rings. The molecule has 1 saturated carbocycles. The minimum absolute atomic E-state index is 0.0716. The van der Waals surface area contributed by atoms with E-state index in [9.17, 15) is 14.9 Å². The normalized spacial score (nSPS) is 21.6. The van der Waals surface area contributed by atoms with Crippen LogP contribution in [0.4, 0.5) is 11.4 Å². The zero-order valence-electron chi connectivity index (χ0n) is 11.7. The van der Waals surface area contributed by atoms with E-state index in [1.165, 1.54) is 13.2 Å². The highest BCUT2D eigenvalue weighted by atomic mass is 16.6. The number of carbonyl (C=O) groups is 1. The average molecular weight is 294 g/mol. The van der Waals surface area contributed by atoms with Crippen LogP contribution in [0.3, 0.4) is 0 Å². The van der Waals surface area contributed by atoms with Gasteiger partial charge < -0.3 is 15.2 Å². The molecule has 21 heavy (non-hydrogen) atoms. The van der Waals surface area contributed by atoms with E-state index in [1.54, 1.807) is 12.1 Å². The summed E-state index contributed by atoms with van der Waals surface area (Å²) in [6, 6.07) is 4.84. The van der Waals surface area contributed by atoms with Crippen molar-refractivity contribution >= 4 is 17.3 Å². The van der Waals surface area contributed by atoms with Gasteiger partial charge >= 0.3 is 11.7 Å². The number of aliphatic carboxylic acids is 1. The molecule has 2 N–H and O–H groups in total. The molecule has 0 radical (unpaired) electrons. The Morgan fingerprint density at radius 2 is 2.05 bits per heavy atom. The zero-order chi connectivity index (χ0) is 15.4. The van der Waals surface area contributed by atoms with Gasteiger partial charge in [0.25, 0.3) is 0 Å². The second-order valence-corrected chi connectivity index (χ2v) is 5.17. The van der Waals surface area contributed by atoms with Crippen molar-refractivity contribution in [3.8, 4) is 5.75 Å². The minimum Gasteiger partial charge on any atom is -0.490 e. The Morgan fingerprint density at radius 1 is 1.38 bits per heavy atom. The van der Waals surface area contributed by atoms with Crippen LogP contribution in [0.1, 0.15) is 25.7 Å². The molecule has 114 valence electrons. The summed E-state index contributed by atoms with van der Waals surface area (Å²) in [7, 11) is 1.39. The van der Waals surface area contributed by atoms with E-state index in [0.29, 0.717) is 12.8 Å². The van der Waals surface area contributed by atoms with Crippen LogP contribution < -0.4 is 10.1 Å². The summed E-state index contributed by atoms with van der Waals surface area (Å²) in [4.78, 5) is 21.2. The van der Waals surface area contributed by atoms with Gasteiger partial charge in [0.2, 0.25) is 0 Å². The predicted octanol–water partition coefficient (Wildman–Crippen LogP) is 2.66. The molecule has 7 nitrogen and oxygen atoms in total. The van der Waals surface area contributed by atoms with Crippen LogP contribution in [0.2, 0.25) is 0 Å². The van der Waals surface area contributed by atoms with Crippen molar-refractivity contribution < 1.29 is 19.6 Å². The van der Waals surface area contributed by atoms with E-state index in [-0.39, 0.29) is 23.4 Å². The Balaban J connectivity index is 2.01. The number of hydrogen-bond donors (Lipinski definition) is 2. The van der Waals surface area contributed by atoms with Crippen LogP contribution in [0.5, 0.6) is 5.75 Å². The number of carboxylic acid groups (broad SMARTS) is 1. The molecule has 1 aliphatic carbocycles. The van der Waals surface area contributed by atoms with Gasteiger partial charge in [0.15, 0.2) is 5.75 Å². The maximum Gasteiger partial charge on any atom is 0.311 e. The molecule has 1 fully saturated rings. The number of carboxylic acids is 1. The van der Waals surface area contributed by atoms with Gasteiger partial charge in [-0.2, -0.15) is 0 Å². The van der Waals surface area contributed by atoms with Crippen LogP contribution in [0.15, 0.2) is 18.2 Å². The first kappa shape index (κ1) is 15.1. The summed E-state index contributed by atoms with van der Waals surface area (Å²) >= 11 is 0. The van der Waals surface area contributed by atoms with E-state index >= 15 is 0 Å². The molecule has 7 heteroatoms. The van der Waals surface area contributed by atoms with E-state index in [2.05, 4.69) is 5.32 Å². The van der Waals surface area contributed by atoms with E-state index < -0.39 is 10.9 Å². The fourth-order valence-corrected chi connectivity index (χ4v) is 2.64. The van der Waals surface area contributed by atoms with E-state index in [0.717, 1.165) is 18.5 Å². The highest BCUT2D eigenvalue weighted by Gasteiger charge is 2.26. The van der Waals surface area contributed by atoms with Gasteiger partial charge in [-0.1, -0.05) is 0 Å². The summed E-state index contributed by atoms with van der Waals surface area (Å²) < 4.78 is 5.03. The Hall–Kier alpha value is -2.31. The number of nitrogens with zero attached hydrogens (tertiary/aromatic N) is 1. The van der Waals surface area contributed by atoms with Crippen LogP contribution in [-0.2, 0) is 4.79 Å². The molecule has 0 aliphatic heterocycles. The molecule has 2 rings (SSSR count). The number of benzene rings is 1. The quantitative estimate of drug-likeness (QED) is 0.639. The van der Waals surface area contributed by atoms with Crippen molar-refractivity contribution in [3.63, 3.8) is 0 Å². The Morgan fingerprint density at radius 3 is 2.57 bits per heavy atom. The number of nitro benzene ring substituents is 1. The number of anilines is 1. The molecular formula is C14H18N2O5. The maximum atomic E-state index is 10.9. The molecule has 0 atom stereocenters. The Kier molecular flexibility index (Phi) is 4.62. The van der Waals surface area contributed by atoms with Crippen LogP contribution >= 0.6 is 0 Å². The number of methoxy groups -OCH3 is 1. The van der Waals surface area contributed by atoms with Gasteiger partial charge in [-0.15, -0.1) is 0 Å². The lowest BCUT2D eigenvalue weighted by Gasteiger charge is -2.27. The van der Waals surface area contributed by atoms with Crippen molar-refractivity contribution in [2.24, 2.45) is 5.92 Å². The summed E-state index contributed by atoms with van der Waals surface area (Å²) in [5.41, 5.74) is 0.675. The third-order valence-electron chi connectivity index (χ3n) is 3.82. The van der Waals surface area contributed by atoms with Crippen molar-refractivity contribution in [1.29, 1.82) is 0 Å². The van der Waals surface area contributed by atoms with Crippen LogP contribution in [0, 0.1) is 16.0 Å². The lowest BCUT2D eigenvalue weighted by molar-refractivity contribution is -0.385. The summed E-state index contributed by atoms with van der Waals surface area (Å²) in [5.74, 6) is -0.774. The fraction of sp³-hybridized carbons (Fsp3) is 0.500. The fourth-order valence-electron chi connectivity index (χ4n) is 2.64. The molecule has 0 bridgehead atoms. The number of nitrogens with one attached hydrogen (secondary N) is 1. The number of hydrogen-bond acceptors (Lipinski definition) is 5. The number of rotatable bonds is 5. The summed E-state index contributed by atoms with van der Waals surface area (Å²) in [6.07, 6.45) is 2.85. The topological polar surface area (TPSA) is 102 Å². The first-order valence-electron chi connectivity index (χ1n) is 6.83. The lowest BCUT2D eigenvalue weighted by atomic mass is 9.86. The predicted molar refractivity (Wildman–Crippen MR) is 76.7 cm³/mol. The van der Waals surface area contributed by atoms with Crippen molar-refractivity contribution in [2.45, 2.75) is 31.7 Å².